The van der Waals surface area contributed by atoms with Crippen molar-refractivity contribution in [2.75, 3.05) is 0 Å². The Labute approximate surface area is 245 Å². The van der Waals surface area contributed by atoms with Crippen LogP contribution in [0.5, 0.6) is 0 Å². The topological polar surface area (TPSA) is 71.7 Å². The third kappa shape index (κ3) is 3.48. The minimum atomic E-state index is -1.62. The smallest absolute Gasteiger partial charge is 0.455 e. The molecule has 3 aromatic heterocycles. The number of furan rings is 2. The molecule has 0 saturated carbocycles. The molecule has 2 N–H and O–H groups in total. The Morgan fingerprint density at radius 3 is 2.33 bits per heavy atom. The summed E-state index contributed by atoms with van der Waals surface area (Å²) in [6.45, 7) is 0. The first-order valence-corrected chi connectivity index (χ1v) is 14.4. The van der Waals surface area contributed by atoms with Gasteiger partial charge in [0.25, 0.3) is 0 Å². The van der Waals surface area contributed by atoms with Gasteiger partial charge < -0.3 is 23.4 Å². The zero-order valence-corrected chi connectivity index (χ0v) is 23.0. The zero-order chi connectivity index (χ0) is 28.7. The molecule has 5 aromatic carbocycles. The van der Waals surface area contributed by atoms with Crippen LogP contribution in [-0.2, 0) is 0 Å². The number of hydrogen-bond donors (Lipinski definition) is 2. The average Bonchev–Trinajstić information content (AvgIpc) is 3.63. The second kappa shape index (κ2) is 9.10. The van der Waals surface area contributed by atoms with Gasteiger partial charge in [0, 0.05) is 43.2 Å². The van der Waals surface area contributed by atoms with Gasteiger partial charge in [-0.2, -0.15) is 0 Å². The number of aromatic nitrogens is 1. The standard InChI is InChI=1S/C37H24BNO4/c40-38(41)30-15-7-13-27-28-14-8-17-33(37(28)43-36(27)30)39-31-16-3-1-2-9-24(31)29-21-22(19-20-32(29)39)23-11-6-12-26-25-10-4-5-18-34(25)42-35(23)26/h1-2,4-21,40-41H,3H2. The minimum Gasteiger partial charge on any atom is -0.455 e. The Kier molecular flexibility index (Phi) is 5.15. The first kappa shape index (κ1) is 24.3. The predicted octanol–water partition coefficient (Wildman–Crippen LogP) is 6.30. The summed E-state index contributed by atoms with van der Waals surface area (Å²) in [7, 11) is -1.62. The van der Waals surface area contributed by atoms with Gasteiger partial charge in [0.1, 0.15) is 16.7 Å². The highest BCUT2D eigenvalue weighted by molar-refractivity contribution is 6.61. The van der Waals surface area contributed by atoms with E-state index < -0.39 is 7.12 Å². The van der Waals surface area contributed by atoms with Gasteiger partial charge in [0.05, 0.1) is 16.6 Å². The van der Waals surface area contributed by atoms with Gasteiger partial charge >= 0.3 is 7.12 Å². The minimum absolute atomic E-state index is 0.351. The van der Waals surface area contributed by atoms with Gasteiger partial charge in [-0.25, -0.2) is 0 Å². The van der Waals surface area contributed by atoms with E-state index in [-0.39, 0.29) is 0 Å². The van der Waals surface area contributed by atoms with Crippen molar-refractivity contribution in [3.05, 3.63) is 120 Å². The van der Waals surface area contributed by atoms with Crippen LogP contribution in [0.2, 0.25) is 0 Å². The molecule has 0 atom stereocenters. The first-order chi connectivity index (χ1) is 21.2. The van der Waals surface area contributed by atoms with E-state index in [1.807, 2.05) is 42.5 Å². The largest absolute Gasteiger partial charge is 0.492 e. The van der Waals surface area contributed by atoms with Crippen LogP contribution >= 0.6 is 0 Å². The van der Waals surface area contributed by atoms with Crippen molar-refractivity contribution in [2.45, 2.75) is 6.42 Å². The van der Waals surface area contributed by atoms with Crippen molar-refractivity contribution >= 4 is 79.5 Å². The number of nitrogens with zero attached hydrogens (tertiary/aromatic N) is 1. The Bertz CT molecular complexity index is 2580. The molecule has 0 saturated heterocycles. The second-order valence-electron chi connectivity index (χ2n) is 11.0. The van der Waals surface area contributed by atoms with Gasteiger partial charge in [0.15, 0.2) is 5.58 Å². The maximum atomic E-state index is 10.0. The highest BCUT2D eigenvalue weighted by Gasteiger charge is 2.22. The molecule has 0 radical (unpaired) electrons. The molecule has 8 aromatic rings. The summed E-state index contributed by atoms with van der Waals surface area (Å²) in [5.74, 6) is 0. The maximum absolute atomic E-state index is 10.0. The molecule has 1 aliphatic carbocycles. The number of allylic oxidation sites excluding steroid dienone is 2. The third-order valence-corrected chi connectivity index (χ3v) is 8.66. The molecule has 1 aliphatic rings. The Morgan fingerprint density at radius 2 is 1.44 bits per heavy atom. The highest BCUT2D eigenvalue weighted by Crippen LogP contribution is 2.37. The van der Waals surface area contributed by atoms with Crippen molar-refractivity contribution < 1.29 is 18.9 Å². The molecule has 0 aliphatic heterocycles. The molecule has 0 fully saturated rings. The van der Waals surface area contributed by atoms with Crippen molar-refractivity contribution in [1.82, 2.24) is 4.57 Å². The summed E-state index contributed by atoms with van der Waals surface area (Å²) >= 11 is 0. The van der Waals surface area contributed by atoms with E-state index >= 15 is 0 Å². The first-order valence-electron chi connectivity index (χ1n) is 14.4. The molecule has 204 valence electrons. The van der Waals surface area contributed by atoms with Crippen LogP contribution in [-0.4, -0.2) is 21.7 Å². The SMILES string of the molecule is OB(O)c1cccc2c1oc1c(-n3c4c(c5cc(-c6cccc7c6oc6ccccc67)ccc53)=CC=CCC=4)cccc12. The summed E-state index contributed by atoms with van der Waals surface area (Å²) in [6.07, 6.45) is 9.52. The van der Waals surface area contributed by atoms with Crippen LogP contribution in [0, 0.1) is 0 Å². The third-order valence-electron chi connectivity index (χ3n) is 8.66. The Hall–Kier alpha value is -5.30. The van der Waals surface area contributed by atoms with E-state index in [0.717, 1.165) is 77.4 Å². The molecular formula is C37H24BNO4. The van der Waals surface area contributed by atoms with Gasteiger partial charge in [0.2, 0.25) is 0 Å². The molecule has 3 heterocycles. The summed E-state index contributed by atoms with van der Waals surface area (Å²) in [6, 6.07) is 32.7. The Morgan fingerprint density at radius 1 is 0.674 bits per heavy atom. The Balaban J connectivity index is 1.34. The number of benzene rings is 5. The van der Waals surface area contributed by atoms with Crippen LogP contribution in [0.3, 0.4) is 0 Å². The molecule has 0 spiro atoms. The van der Waals surface area contributed by atoms with E-state index in [1.165, 1.54) is 0 Å². The monoisotopic (exact) mass is 557 g/mol. The van der Waals surface area contributed by atoms with Gasteiger partial charge in [-0.1, -0.05) is 97.1 Å². The zero-order valence-electron chi connectivity index (χ0n) is 23.0. The quantitative estimate of drug-likeness (QED) is 0.250. The highest BCUT2D eigenvalue weighted by atomic mass is 16.4. The number of rotatable bonds is 3. The van der Waals surface area contributed by atoms with E-state index in [2.05, 4.69) is 77.4 Å². The molecule has 6 heteroatoms. The van der Waals surface area contributed by atoms with Crippen LogP contribution in [0.1, 0.15) is 6.42 Å². The lowest BCUT2D eigenvalue weighted by atomic mass is 9.79. The lowest BCUT2D eigenvalue weighted by Gasteiger charge is -2.09. The van der Waals surface area contributed by atoms with E-state index in [4.69, 9.17) is 8.83 Å². The fraction of sp³-hybridized carbons (Fsp3) is 0.0270. The average molecular weight is 557 g/mol. The molecular weight excluding hydrogens is 533 g/mol. The predicted molar refractivity (Wildman–Crippen MR) is 175 cm³/mol. The molecule has 0 unspecified atom stereocenters. The van der Waals surface area contributed by atoms with Crippen molar-refractivity contribution in [2.24, 2.45) is 0 Å². The molecule has 0 amide bonds. The van der Waals surface area contributed by atoms with E-state index in [1.54, 1.807) is 6.07 Å². The number of hydrogen-bond acceptors (Lipinski definition) is 4. The molecule has 9 rings (SSSR count). The van der Waals surface area contributed by atoms with Gasteiger partial charge in [-0.3, -0.25) is 0 Å². The van der Waals surface area contributed by atoms with Crippen LogP contribution in [0.15, 0.2) is 118 Å². The maximum Gasteiger partial charge on any atom is 0.492 e. The van der Waals surface area contributed by atoms with Crippen LogP contribution in [0.4, 0.5) is 0 Å². The summed E-state index contributed by atoms with van der Waals surface area (Å²) in [5.41, 5.74) is 7.41. The lowest BCUT2D eigenvalue weighted by Crippen LogP contribution is -2.29. The summed E-state index contributed by atoms with van der Waals surface area (Å²) in [4.78, 5) is 0. The van der Waals surface area contributed by atoms with Crippen LogP contribution < -0.4 is 16.0 Å². The number of fused-ring (bicyclic) bond motifs is 9. The summed E-state index contributed by atoms with van der Waals surface area (Å²) < 4.78 is 15.1. The molecule has 0 bridgehead atoms. The van der Waals surface area contributed by atoms with E-state index in [0.29, 0.717) is 16.6 Å². The number of para-hydroxylation sites is 4. The fourth-order valence-electron chi connectivity index (χ4n) is 6.74. The molecule has 5 nitrogen and oxygen atoms in total. The van der Waals surface area contributed by atoms with Crippen LogP contribution in [0.25, 0.3) is 83.7 Å². The van der Waals surface area contributed by atoms with Crippen molar-refractivity contribution in [1.29, 1.82) is 0 Å². The van der Waals surface area contributed by atoms with E-state index in [9.17, 15) is 10.0 Å². The van der Waals surface area contributed by atoms with Crippen molar-refractivity contribution in [3.8, 4) is 16.8 Å². The van der Waals surface area contributed by atoms with Gasteiger partial charge in [-0.15, -0.1) is 0 Å². The summed E-state index contributed by atoms with van der Waals surface area (Å²) in [5, 5.41) is 27.4. The fourth-order valence-corrected chi connectivity index (χ4v) is 6.74. The normalized spacial score (nSPS) is 13.1. The van der Waals surface area contributed by atoms with Crippen molar-refractivity contribution in [3.63, 3.8) is 0 Å². The lowest BCUT2D eigenvalue weighted by molar-refractivity contribution is 0.425. The molecule has 43 heavy (non-hydrogen) atoms. The second-order valence-corrected chi connectivity index (χ2v) is 11.0. The van der Waals surface area contributed by atoms with Gasteiger partial charge in [-0.05, 0) is 36.2 Å².